The maximum Gasteiger partial charge on any atom is 0.411 e. The number of carbonyl (C=O) groups is 1. The van der Waals surface area contributed by atoms with E-state index in [9.17, 15) is 26.4 Å². The van der Waals surface area contributed by atoms with Gasteiger partial charge < -0.3 is 9.32 Å². The third-order valence-electron chi connectivity index (χ3n) is 3.69. The highest BCUT2D eigenvalue weighted by Crippen LogP contribution is 2.53. The molecule has 2 rings (SSSR count). The maximum absolute atomic E-state index is 13.0. The lowest BCUT2D eigenvalue weighted by Gasteiger charge is -2.29. The van der Waals surface area contributed by atoms with E-state index in [1.807, 2.05) is 0 Å². The molecule has 1 aliphatic carbocycles. The van der Waals surface area contributed by atoms with Crippen molar-refractivity contribution in [2.24, 2.45) is 0 Å². The second kappa shape index (κ2) is 4.49. The summed E-state index contributed by atoms with van der Waals surface area (Å²) in [6.07, 6.45) is -3.95. The summed E-state index contributed by atoms with van der Waals surface area (Å²) in [6.45, 7) is 1.34. The maximum atomic E-state index is 13.0. The second-order valence-corrected chi connectivity index (χ2v) is 7.15. The van der Waals surface area contributed by atoms with Crippen LogP contribution in [0.3, 0.4) is 0 Å². The van der Waals surface area contributed by atoms with Crippen molar-refractivity contribution in [3.63, 3.8) is 0 Å². The molecule has 0 unspecified atom stereocenters. The molecule has 0 N–H and O–H groups in total. The molecule has 0 aromatic carbocycles. The molecule has 0 aliphatic heterocycles. The minimum atomic E-state index is -4.52. The predicted molar refractivity (Wildman–Crippen MR) is 66.7 cm³/mol. The molecule has 0 atom stereocenters. The lowest BCUT2D eigenvalue weighted by Crippen LogP contribution is -2.49. The van der Waals surface area contributed by atoms with Gasteiger partial charge in [0, 0.05) is 19.4 Å². The Bertz CT molecular complexity index is 686. The first-order chi connectivity index (χ1) is 9.40. The Balaban J connectivity index is 2.36. The van der Waals surface area contributed by atoms with E-state index in [0.717, 1.165) is 19.4 Å². The molecule has 1 aliphatic rings. The first kappa shape index (κ1) is 15.9. The topological polar surface area (TPSA) is 67.6 Å². The smallest absolute Gasteiger partial charge is 0.411 e. The van der Waals surface area contributed by atoms with Gasteiger partial charge in [-0.3, -0.25) is 4.79 Å². The van der Waals surface area contributed by atoms with Crippen molar-refractivity contribution in [1.29, 1.82) is 0 Å². The largest absolute Gasteiger partial charge is 0.449 e. The molecular formula is C12H14F3NO4S. The van der Waals surface area contributed by atoms with E-state index in [0.29, 0.717) is 4.90 Å². The molecule has 21 heavy (non-hydrogen) atoms. The summed E-state index contributed by atoms with van der Waals surface area (Å²) in [6, 6.07) is 0.968. The summed E-state index contributed by atoms with van der Waals surface area (Å²) in [7, 11) is -2.61. The number of hydrogen-bond acceptors (Lipinski definition) is 4. The minimum Gasteiger partial charge on any atom is -0.449 e. The van der Waals surface area contributed by atoms with Crippen LogP contribution in [0.5, 0.6) is 0 Å². The van der Waals surface area contributed by atoms with E-state index in [2.05, 4.69) is 0 Å². The van der Waals surface area contributed by atoms with Gasteiger partial charge in [-0.25, -0.2) is 8.42 Å². The number of carbonyl (C=O) groups excluding carboxylic acids is 1. The molecule has 118 valence electrons. The van der Waals surface area contributed by atoms with Gasteiger partial charge in [-0.1, -0.05) is 0 Å². The van der Waals surface area contributed by atoms with E-state index in [-0.39, 0.29) is 24.2 Å². The lowest BCUT2D eigenvalue weighted by atomic mass is 10.1. The standard InChI is InChI=1S/C12H14F3NO4S/c1-7-8(6-9(20-7)21(3,18)19)10(17)16(2)11(4-5-11)12(13,14)15/h6H,4-5H2,1-3H3. The zero-order valence-corrected chi connectivity index (χ0v) is 12.4. The number of sulfone groups is 1. The number of alkyl halides is 3. The lowest BCUT2D eigenvalue weighted by molar-refractivity contribution is -0.185. The molecule has 1 aromatic heterocycles. The van der Waals surface area contributed by atoms with Crippen LogP contribution >= 0.6 is 0 Å². The van der Waals surface area contributed by atoms with Gasteiger partial charge in [-0.2, -0.15) is 13.2 Å². The summed E-state index contributed by atoms with van der Waals surface area (Å²) in [5.41, 5.74) is -2.33. The molecule has 0 saturated heterocycles. The van der Waals surface area contributed by atoms with Crippen LogP contribution in [0.1, 0.15) is 29.0 Å². The first-order valence-corrected chi connectivity index (χ1v) is 7.95. The molecule has 1 saturated carbocycles. The zero-order chi connectivity index (χ0) is 16.2. The van der Waals surface area contributed by atoms with Crippen LogP contribution in [-0.4, -0.2) is 44.2 Å². The molecule has 0 spiro atoms. The van der Waals surface area contributed by atoms with Crippen LogP contribution in [0.25, 0.3) is 0 Å². The number of furan rings is 1. The van der Waals surface area contributed by atoms with Crippen LogP contribution in [0.2, 0.25) is 0 Å². The quantitative estimate of drug-likeness (QED) is 0.854. The summed E-state index contributed by atoms with van der Waals surface area (Å²) >= 11 is 0. The molecule has 0 bridgehead atoms. The van der Waals surface area contributed by atoms with Crippen LogP contribution in [0.15, 0.2) is 15.6 Å². The normalized spacial score (nSPS) is 17.6. The molecule has 1 aromatic rings. The summed E-state index contributed by atoms with van der Waals surface area (Å²) in [5, 5.41) is -0.436. The van der Waals surface area contributed by atoms with Crippen LogP contribution < -0.4 is 0 Å². The van der Waals surface area contributed by atoms with Crippen LogP contribution in [-0.2, 0) is 9.84 Å². The van der Waals surface area contributed by atoms with Crippen molar-refractivity contribution < 1.29 is 30.8 Å². The van der Waals surface area contributed by atoms with Crippen LogP contribution in [0, 0.1) is 6.92 Å². The van der Waals surface area contributed by atoms with E-state index >= 15 is 0 Å². The highest BCUT2D eigenvalue weighted by molar-refractivity contribution is 7.90. The SMILES string of the molecule is Cc1oc(S(C)(=O)=O)cc1C(=O)N(C)C1(C(F)(F)F)CC1. The molecule has 5 nitrogen and oxygen atoms in total. The average molecular weight is 325 g/mol. The van der Waals surface area contributed by atoms with Gasteiger partial charge in [0.15, 0.2) is 0 Å². The average Bonchev–Trinajstić information content (AvgIpc) is 3.04. The monoisotopic (exact) mass is 325 g/mol. The Morgan fingerprint density at radius 1 is 1.38 bits per heavy atom. The number of nitrogens with zero attached hydrogens (tertiary/aromatic N) is 1. The fourth-order valence-electron chi connectivity index (χ4n) is 2.15. The summed E-state index contributed by atoms with van der Waals surface area (Å²) in [4.78, 5) is 12.8. The van der Waals surface area contributed by atoms with E-state index in [1.54, 1.807) is 0 Å². The summed E-state index contributed by atoms with van der Waals surface area (Å²) in [5.74, 6) is -0.925. The number of aryl methyl sites for hydroxylation is 1. The summed E-state index contributed by atoms with van der Waals surface area (Å²) < 4.78 is 66.7. The van der Waals surface area contributed by atoms with E-state index in [4.69, 9.17) is 4.42 Å². The van der Waals surface area contributed by atoms with Crippen molar-refractivity contribution in [3.05, 3.63) is 17.4 Å². The van der Waals surface area contributed by atoms with Gasteiger partial charge in [0.05, 0.1) is 5.56 Å². The first-order valence-electron chi connectivity index (χ1n) is 6.05. The Morgan fingerprint density at radius 2 is 1.90 bits per heavy atom. The Morgan fingerprint density at radius 3 is 2.24 bits per heavy atom. The van der Waals surface area contributed by atoms with Gasteiger partial charge in [-0.15, -0.1) is 0 Å². The highest BCUT2D eigenvalue weighted by Gasteiger charge is 2.67. The Labute approximate surface area is 119 Å². The predicted octanol–water partition coefficient (Wildman–Crippen LogP) is 2.16. The number of hydrogen-bond donors (Lipinski definition) is 0. The van der Waals surface area contributed by atoms with Crippen LogP contribution in [0.4, 0.5) is 13.2 Å². The van der Waals surface area contributed by atoms with Crippen molar-refractivity contribution in [1.82, 2.24) is 4.90 Å². The van der Waals surface area contributed by atoms with Crippen molar-refractivity contribution in [2.75, 3.05) is 13.3 Å². The van der Waals surface area contributed by atoms with Crippen molar-refractivity contribution >= 4 is 15.7 Å². The molecule has 9 heteroatoms. The van der Waals surface area contributed by atoms with Gasteiger partial charge in [-0.05, 0) is 19.8 Å². The molecule has 0 radical (unpaired) electrons. The van der Waals surface area contributed by atoms with Gasteiger partial charge >= 0.3 is 6.18 Å². The molecule has 1 fully saturated rings. The zero-order valence-electron chi connectivity index (χ0n) is 11.6. The minimum absolute atomic E-state index is 0.0229. The molecule has 1 heterocycles. The number of amides is 1. The van der Waals surface area contributed by atoms with E-state index < -0.39 is 32.6 Å². The number of halogens is 3. The van der Waals surface area contributed by atoms with E-state index in [1.165, 1.54) is 6.92 Å². The fourth-order valence-corrected chi connectivity index (χ4v) is 2.76. The van der Waals surface area contributed by atoms with Crippen molar-refractivity contribution in [2.45, 2.75) is 36.6 Å². The van der Waals surface area contributed by atoms with Crippen molar-refractivity contribution in [3.8, 4) is 0 Å². The van der Waals surface area contributed by atoms with Gasteiger partial charge in [0.2, 0.25) is 14.9 Å². The third-order valence-corrected chi connectivity index (χ3v) is 4.62. The Hall–Kier alpha value is -1.51. The molecular weight excluding hydrogens is 311 g/mol. The third kappa shape index (κ3) is 2.54. The van der Waals surface area contributed by atoms with Gasteiger partial charge in [0.1, 0.15) is 11.3 Å². The van der Waals surface area contributed by atoms with Gasteiger partial charge in [0.25, 0.3) is 5.91 Å². The fraction of sp³-hybridized carbons (Fsp3) is 0.583. The Kier molecular flexibility index (Phi) is 3.39. The number of rotatable bonds is 3. The second-order valence-electron chi connectivity index (χ2n) is 5.20. The molecule has 1 amide bonds. The highest BCUT2D eigenvalue weighted by atomic mass is 32.2.